The number of benzene rings is 1. The average molecular weight is 331 g/mol. The van der Waals surface area contributed by atoms with Crippen molar-refractivity contribution in [3.63, 3.8) is 0 Å². The molecule has 18 heavy (non-hydrogen) atoms. The Bertz CT molecular complexity index is 438. The highest BCUT2D eigenvalue weighted by atomic mass is 79.9. The molecule has 2 nitrogen and oxygen atoms in total. The number of hydrogen-bond acceptors (Lipinski definition) is 1. The number of alkyl halides is 1. The van der Waals surface area contributed by atoms with Gasteiger partial charge in [0.1, 0.15) is 0 Å². The molecule has 2 atom stereocenters. The number of likely N-dealkylation sites (tertiary alicyclic amines) is 1. The smallest absolute Gasteiger partial charge is 0.227 e. The first kappa shape index (κ1) is 13.9. The van der Waals surface area contributed by atoms with Crippen molar-refractivity contribution in [2.24, 2.45) is 5.92 Å². The van der Waals surface area contributed by atoms with Crippen molar-refractivity contribution in [1.82, 2.24) is 4.90 Å². The van der Waals surface area contributed by atoms with Gasteiger partial charge in [-0.1, -0.05) is 52.7 Å². The fourth-order valence-corrected chi connectivity index (χ4v) is 2.98. The molecule has 1 aliphatic heterocycles. The minimum absolute atomic E-state index is 0.166. The van der Waals surface area contributed by atoms with Gasteiger partial charge in [-0.25, -0.2) is 0 Å². The fourth-order valence-electron chi connectivity index (χ4n) is 2.17. The number of nitrogens with zero attached hydrogens (tertiary/aromatic N) is 1. The summed E-state index contributed by atoms with van der Waals surface area (Å²) in [4.78, 5) is 14.6. The molecule has 1 saturated heterocycles. The summed E-state index contributed by atoms with van der Waals surface area (Å²) in [5, 5.41) is 0.673. The van der Waals surface area contributed by atoms with Crippen molar-refractivity contribution >= 4 is 33.4 Å². The second-order valence-corrected chi connectivity index (χ2v) is 6.47. The molecule has 0 saturated carbocycles. The van der Waals surface area contributed by atoms with E-state index in [9.17, 15) is 4.79 Å². The molecule has 1 aliphatic rings. The maximum Gasteiger partial charge on any atom is 0.227 e. The van der Waals surface area contributed by atoms with Crippen LogP contribution in [0.2, 0.25) is 5.02 Å². The Hall–Kier alpha value is -0.540. The molecule has 2 rings (SSSR count). The largest absolute Gasteiger partial charge is 0.341 e. The van der Waals surface area contributed by atoms with Gasteiger partial charge in [-0.05, 0) is 24.0 Å². The predicted octanol–water partition coefficient (Wildman–Crippen LogP) is 3.51. The zero-order valence-electron chi connectivity index (χ0n) is 10.4. The number of halogens is 2. The molecular weight excluding hydrogens is 314 g/mol. The van der Waals surface area contributed by atoms with Crippen LogP contribution in [0, 0.1) is 5.92 Å². The molecule has 1 fully saturated rings. The first-order valence-electron chi connectivity index (χ1n) is 6.23. The summed E-state index contributed by atoms with van der Waals surface area (Å²) in [5.41, 5.74) is 0.911. The average Bonchev–Trinajstić information content (AvgIpc) is 2.35. The van der Waals surface area contributed by atoms with Crippen molar-refractivity contribution in [3.05, 3.63) is 34.9 Å². The van der Waals surface area contributed by atoms with E-state index in [1.165, 1.54) is 0 Å². The van der Waals surface area contributed by atoms with Gasteiger partial charge < -0.3 is 4.90 Å². The Morgan fingerprint density at radius 3 is 2.89 bits per heavy atom. The molecule has 0 aromatic heterocycles. The van der Waals surface area contributed by atoms with E-state index in [2.05, 4.69) is 22.9 Å². The number of carbonyl (C=O) groups is 1. The maximum atomic E-state index is 12.2. The Morgan fingerprint density at radius 1 is 1.50 bits per heavy atom. The van der Waals surface area contributed by atoms with Crippen LogP contribution in [0.5, 0.6) is 0 Å². The third kappa shape index (κ3) is 3.27. The lowest BCUT2D eigenvalue weighted by Gasteiger charge is -2.34. The zero-order chi connectivity index (χ0) is 13.1. The van der Waals surface area contributed by atoms with Crippen LogP contribution in [0.4, 0.5) is 0 Å². The number of piperidine rings is 1. The Morgan fingerprint density at radius 2 is 2.22 bits per heavy atom. The maximum absolute atomic E-state index is 12.2. The highest BCUT2D eigenvalue weighted by molar-refractivity contribution is 9.09. The number of carbonyl (C=O) groups excluding carboxylic acids is 1. The van der Waals surface area contributed by atoms with Crippen molar-refractivity contribution < 1.29 is 4.79 Å². The van der Waals surface area contributed by atoms with Crippen LogP contribution in [-0.4, -0.2) is 28.7 Å². The van der Waals surface area contributed by atoms with Crippen molar-refractivity contribution in [2.45, 2.75) is 24.6 Å². The summed E-state index contributed by atoms with van der Waals surface area (Å²) >= 11 is 9.72. The Balaban J connectivity index is 1.99. The van der Waals surface area contributed by atoms with Crippen molar-refractivity contribution in [3.8, 4) is 0 Å². The highest BCUT2D eigenvalue weighted by Crippen LogP contribution is 2.24. The van der Waals surface area contributed by atoms with E-state index in [1.807, 2.05) is 29.2 Å². The first-order chi connectivity index (χ1) is 8.58. The van der Waals surface area contributed by atoms with Crippen LogP contribution >= 0.6 is 27.5 Å². The topological polar surface area (TPSA) is 20.3 Å². The fraction of sp³-hybridized carbons (Fsp3) is 0.500. The van der Waals surface area contributed by atoms with Gasteiger partial charge >= 0.3 is 0 Å². The molecule has 0 N–H and O–H groups in total. The van der Waals surface area contributed by atoms with E-state index in [1.54, 1.807) is 0 Å². The van der Waals surface area contributed by atoms with E-state index in [-0.39, 0.29) is 5.91 Å². The normalized spacial score (nSPS) is 24.1. The zero-order valence-corrected chi connectivity index (χ0v) is 12.7. The van der Waals surface area contributed by atoms with Crippen LogP contribution in [0.1, 0.15) is 18.9 Å². The summed E-state index contributed by atoms with van der Waals surface area (Å²) in [6.45, 7) is 3.87. The van der Waals surface area contributed by atoms with E-state index < -0.39 is 0 Å². The van der Waals surface area contributed by atoms with Crippen LogP contribution in [0.15, 0.2) is 24.3 Å². The first-order valence-corrected chi connectivity index (χ1v) is 7.52. The number of rotatable bonds is 2. The van der Waals surface area contributed by atoms with E-state index in [4.69, 9.17) is 11.6 Å². The summed E-state index contributed by atoms with van der Waals surface area (Å²) in [6, 6.07) is 7.54. The standard InChI is InChI=1S/C14H17BrClNO/c1-10-6-7-17(9-12(10)15)14(18)8-11-4-2-3-5-13(11)16/h2-5,10,12H,6-9H2,1H3. The van der Waals surface area contributed by atoms with Crippen molar-refractivity contribution in [1.29, 1.82) is 0 Å². The van der Waals surface area contributed by atoms with Gasteiger partial charge in [0.25, 0.3) is 0 Å². The molecule has 0 radical (unpaired) electrons. The quantitative estimate of drug-likeness (QED) is 0.760. The van der Waals surface area contributed by atoms with E-state index >= 15 is 0 Å². The van der Waals surface area contributed by atoms with Gasteiger partial charge in [0.2, 0.25) is 5.91 Å². The van der Waals surface area contributed by atoms with Crippen LogP contribution in [-0.2, 0) is 11.2 Å². The highest BCUT2D eigenvalue weighted by Gasteiger charge is 2.27. The van der Waals surface area contributed by atoms with E-state index in [0.29, 0.717) is 22.2 Å². The lowest BCUT2D eigenvalue weighted by molar-refractivity contribution is -0.131. The summed E-state index contributed by atoms with van der Waals surface area (Å²) in [5.74, 6) is 0.800. The Kier molecular flexibility index (Phi) is 4.68. The molecule has 0 spiro atoms. The molecule has 0 bridgehead atoms. The SMILES string of the molecule is CC1CCN(C(=O)Cc2ccccc2Cl)CC1Br. The Labute approximate surface area is 121 Å². The third-order valence-corrected chi connectivity index (χ3v) is 5.08. The van der Waals surface area contributed by atoms with Crippen LogP contribution in [0.3, 0.4) is 0 Å². The summed E-state index contributed by atoms with van der Waals surface area (Å²) in [7, 11) is 0. The monoisotopic (exact) mass is 329 g/mol. The third-order valence-electron chi connectivity index (χ3n) is 3.52. The summed E-state index contributed by atoms with van der Waals surface area (Å²) in [6.07, 6.45) is 1.46. The van der Waals surface area contributed by atoms with Gasteiger partial charge in [0.05, 0.1) is 6.42 Å². The van der Waals surface area contributed by atoms with Gasteiger partial charge in [-0.2, -0.15) is 0 Å². The summed E-state index contributed by atoms with van der Waals surface area (Å²) < 4.78 is 0. The predicted molar refractivity (Wildman–Crippen MR) is 78.2 cm³/mol. The van der Waals surface area contributed by atoms with Crippen LogP contribution < -0.4 is 0 Å². The van der Waals surface area contributed by atoms with Crippen LogP contribution in [0.25, 0.3) is 0 Å². The molecule has 1 aromatic carbocycles. The van der Waals surface area contributed by atoms with Gasteiger partial charge in [-0.3, -0.25) is 4.79 Å². The van der Waals surface area contributed by atoms with Gasteiger partial charge in [0, 0.05) is 22.9 Å². The molecule has 1 amide bonds. The number of amides is 1. The molecule has 98 valence electrons. The lowest BCUT2D eigenvalue weighted by Crippen LogP contribution is -2.44. The molecular formula is C14H17BrClNO. The lowest BCUT2D eigenvalue weighted by atomic mass is 9.98. The molecule has 4 heteroatoms. The molecule has 2 unspecified atom stereocenters. The number of hydrogen-bond donors (Lipinski definition) is 0. The van der Waals surface area contributed by atoms with Gasteiger partial charge in [-0.15, -0.1) is 0 Å². The minimum Gasteiger partial charge on any atom is -0.341 e. The molecule has 1 aromatic rings. The van der Waals surface area contributed by atoms with E-state index in [0.717, 1.165) is 25.1 Å². The molecule has 0 aliphatic carbocycles. The minimum atomic E-state index is 0.166. The van der Waals surface area contributed by atoms with Crippen molar-refractivity contribution in [2.75, 3.05) is 13.1 Å². The second kappa shape index (κ2) is 6.07. The van der Waals surface area contributed by atoms with Gasteiger partial charge in [0.15, 0.2) is 0 Å². The second-order valence-electron chi connectivity index (χ2n) is 4.89. The molecule has 1 heterocycles.